The molecule has 0 aliphatic carbocycles. The molecule has 0 spiro atoms. The monoisotopic (exact) mass is 413 g/mol. The lowest BCUT2D eigenvalue weighted by Crippen LogP contribution is -2.30. The first kappa shape index (κ1) is 18.8. The van der Waals surface area contributed by atoms with Crippen LogP contribution in [0.1, 0.15) is 23.0 Å². The van der Waals surface area contributed by atoms with Gasteiger partial charge in [0.15, 0.2) is 6.10 Å². The summed E-state index contributed by atoms with van der Waals surface area (Å²) in [6.07, 6.45) is -1.07. The SMILES string of the molecule is Cc1c(C(=O)O[C@H](C)C(=O)Nc2ccc3[nH]c(=O)[nH]c3c2)oc2ccc(Cl)cc12. The molecule has 0 aliphatic heterocycles. The fourth-order valence-corrected chi connectivity index (χ4v) is 3.18. The molecule has 2 heterocycles. The second-order valence-corrected chi connectivity index (χ2v) is 7.01. The zero-order valence-electron chi connectivity index (χ0n) is 15.5. The summed E-state index contributed by atoms with van der Waals surface area (Å²) in [6.45, 7) is 3.18. The van der Waals surface area contributed by atoms with Gasteiger partial charge in [-0.1, -0.05) is 11.6 Å². The first-order chi connectivity index (χ1) is 13.8. The van der Waals surface area contributed by atoms with E-state index in [4.69, 9.17) is 20.8 Å². The van der Waals surface area contributed by atoms with Crippen LogP contribution in [-0.2, 0) is 9.53 Å². The van der Waals surface area contributed by atoms with Crippen LogP contribution in [0.15, 0.2) is 45.6 Å². The molecule has 0 saturated heterocycles. The molecule has 0 fully saturated rings. The van der Waals surface area contributed by atoms with Crippen molar-refractivity contribution in [1.82, 2.24) is 9.97 Å². The molecular formula is C20H16ClN3O5. The van der Waals surface area contributed by atoms with Crippen LogP contribution in [0.5, 0.6) is 0 Å². The van der Waals surface area contributed by atoms with Crippen LogP contribution < -0.4 is 11.0 Å². The van der Waals surface area contributed by atoms with Gasteiger partial charge in [0.05, 0.1) is 11.0 Å². The van der Waals surface area contributed by atoms with Gasteiger partial charge < -0.3 is 24.4 Å². The van der Waals surface area contributed by atoms with Crippen LogP contribution >= 0.6 is 11.6 Å². The minimum atomic E-state index is -1.07. The first-order valence-corrected chi connectivity index (χ1v) is 9.12. The number of carbonyl (C=O) groups is 2. The Kier molecular flexibility index (Phi) is 4.63. The number of hydrogen-bond acceptors (Lipinski definition) is 5. The van der Waals surface area contributed by atoms with Gasteiger partial charge in [-0.05, 0) is 50.2 Å². The number of aromatic amines is 2. The van der Waals surface area contributed by atoms with E-state index in [-0.39, 0.29) is 11.4 Å². The van der Waals surface area contributed by atoms with Gasteiger partial charge in [0.2, 0.25) is 5.76 Å². The fraction of sp³-hybridized carbons (Fsp3) is 0.150. The third-order valence-electron chi connectivity index (χ3n) is 4.52. The standard InChI is InChI=1S/C20H16ClN3O5/c1-9-13-7-11(21)3-6-16(13)29-17(9)19(26)28-10(2)18(25)22-12-4-5-14-15(8-12)24-20(27)23-14/h3-8,10H,1-2H3,(H,22,25)(H2,23,24,27)/t10-/m1/s1. The number of aromatic nitrogens is 2. The van der Waals surface area contributed by atoms with Gasteiger partial charge in [-0.2, -0.15) is 0 Å². The van der Waals surface area contributed by atoms with Crippen molar-refractivity contribution < 1.29 is 18.7 Å². The smallest absolute Gasteiger partial charge is 0.375 e. The second-order valence-electron chi connectivity index (χ2n) is 6.57. The molecule has 0 unspecified atom stereocenters. The van der Waals surface area contributed by atoms with E-state index in [1.165, 1.54) is 6.92 Å². The summed E-state index contributed by atoms with van der Waals surface area (Å²) in [7, 11) is 0. The Labute approximate surface area is 168 Å². The number of rotatable bonds is 4. The molecule has 0 radical (unpaired) electrons. The van der Waals surface area contributed by atoms with Crippen molar-refractivity contribution in [3.8, 4) is 0 Å². The molecule has 8 nitrogen and oxygen atoms in total. The number of fused-ring (bicyclic) bond motifs is 2. The van der Waals surface area contributed by atoms with E-state index in [2.05, 4.69) is 15.3 Å². The molecule has 1 amide bonds. The summed E-state index contributed by atoms with van der Waals surface area (Å²) in [5, 5.41) is 3.88. The second kappa shape index (κ2) is 7.14. The number of hydrogen-bond donors (Lipinski definition) is 3. The fourth-order valence-electron chi connectivity index (χ4n) is 3.01. The van der Waals surface area contributed by atoms with Crippen molar-refractivity contribution in [3.05, 3.63) is 63.2 Å². The summed E-state index contributed by atoms with van der Waals surface area (Å²) in [4.78, 5) is 41.4. The summed E-state index contributed by atoms with van der Waals surface area (Å²) >= 11 is 5.99. The van der Waals surface area contributed by atoms with Gasteiger partial charge in [0.1, 0.15) is 5.58 Å². The van der Waals surface area contributed by atoms with Crippen LogP contribution in [0.2, 0.25) is 5.02 Å². The molecular weight excluding hydrogens is 398 g/mol. The van der Waals surface area contributed by atoms with Crippen molar-refractivity contribution in [2.75, 3.05) is 5.32 Å². The number of imidazole rings is 1. The lowest BCUT2D eigenvalue weighted by molar-refractivity contribution is -0.123. The molecule has 148 valence electrons. The van der Waals surface area contributed by atoms with E-state index in [1.54, 1.807) is 43.3 Å². The maximum absolute atomic E-state index is 12.5. The van der Waals surface area contributed by atoms with Gasteiger partial charge in [0.25, 0.3) is 5.91 Å². The zero-order chi connectivity index (χ0) is 20.7. The van der Waals surface area contributed by atoms with Crippen molar-refractivity contribution >= 4 is 51.2 Å². The average molecular weight is 414 g/mol. The molecule has 2 aromatic carbocycles. The summed E-state index contributed by atoms with van der Waals surface area (Å²) in [6, 6.07) is 9.91. The molecule has 0 aliphatic rings. The molecule has 29 heavy (non-hydrogen) atoms. The predicted octanol–water partition coefficient (Wildman–Crippen LogP) is 3.75. The molecule has 0 bridgehead atoms. The number of nitrogens with one attached hydrogen (secondary N) is 3. The first-order valence-electron chi connectivity index (χ1n) is 8.74. The Hall–Kier alpha value is -3.52. The predicted molar refractivity (Wildman–Crippen MR) is 108 cm³/mol. The van der Waals surface area contributed by atoms with Gasteiger partial charge in [-0.3, -0.25) is 4.79 Å². The topological polar surface area (TPSA) is 117 Å². The number of ether oxygens (including phenoxy) is 1. The van der Waals surface area contributed by atoms with Crippen molar-refractivity contribution in [2.45, 2.75) is 20.0 Å². The number of furan rings is 1. The maximum atomic E-state index is 12.5. The van der Waals surface area contributed by atoms with E-state index in [1.807, 2.05) is 0 Å². The normalized spacial score (nSPS) is 12.2. The van der Waals surface area contributed by atoms with E-state index in [0.717, 1.165) is 0 Å². The molecule has 9 heteroatoms. The summed E-state index contributed by atoms with van der Waals surface area (Å²) in [5.74, 6) is -1.25. The Morgan fingerprint density at radius 3 is 2.69 bits per heavy atom. The minimum absolute atomic E-state index is 0.0215. The Morgan fingerprint density at radius 1 is 1.14 bits per heavy atom. The Morgan fingerprint density at radius 2 is 1.90 bits per heavy atom. The van der Waals surface area contributed by atoms with Gasteiger partial charge in [-0.15, -0.1) is 0 Å². The largest absolute Gasteiger partial charge is 0.449 e. The van der Waals surface area contributed by atoms with Crippen molar-refractivity contribution in [3.63, 3.8) is 0 Å². The molecule has 2 aromatic heterocycles. The number of anilines is 1. The van der Waals surface area contributed by atoms with Crippen LogP contribution in [-0.4, -0.2) is 27.9 Å². The lowest BCUT2D eigenvalue weighted by Gasteiger charge is -2.13. The van der Waals surface area contributed by atoms with Crippen molar-refractivity contribution in [2.24, 2.45) is 0 Å². The van der Waals surface area contributed by atoms with E-state index in [9.17, 15) is 14.4 Å². The van der Waals surface area contributed by atoms with E-state index in [0.29, 0.717) is 38.3 Å². The molecule has 4 rings (SSSR count). The highest BCUT2D eigenvalue weighted by Gasteiger charge is 2.24. The highest BCUT2D eigenvalue weighted by Crippen LogP contribution is 2.28. The number of H-pyrrole nitrogens is 2. The van der Waals surface area contributed by atoms with Gasteiger partial charge in [0, 0.05) is 21.7 Å². The Bertz CT molecular complexity index is 1320. The molecule has 1 atom stereocenters. The van der Waals surface area contributed by atoms with Crippen LogP contribution in [0.3, 0.4) is 0 Å². The highest BCUT2D eigenvalue weighted by molar-refractivity contribution is 6.31. The summed E-state index contributed by atoms with van der Waals surface area (Å²) in [5.41, 5.74) is 2.37. The molecule has 0 saturated carbocycles. The van der Waals surface area contributed by atoms with Crippen molar-refractivity contribution in [1.29, 1.82) is 0 Å². The van der Waals surface area contributed by atoms with Crippen LogP contribution in [0.25, 0.3) is 22.0 Å². The van der Waals surface area contributed by atoms with Crippen LogP contribution in [0, 0.1) is 6.92 Å². The lowest BCUT2D eigenvalue weighted by atomic mass is 10.1. The van der Waals surface area contributed by atoms with Gasteiger partial charge in [-0.25, -0.2) is 9.59 Å². The number of benzene rings is 2. The minimum Gasteiger partial charge on any atom is -0.449 e. The Balaban J connectivity index is 1.48. The molecule has 3 N–H and O–H groups in total. The highest BCUT2D eigenvalue weighted by atomic mass is 35.5. The average Bonchev–Trinajstić information content (AvgIpc) is 3.20. The number of aryl methyl sites for hydroxylation is 1. The third-order valence-corrected chi connectivity index (χ3v) is 4.76. The van der Waals surface area contributed by atoms with E-state index < -0.39 is 18.0 Å². The maximum Gasteiger partial charge on any atom is 0.375 e. The zero-order valence-corrected chi connectivity index (χ0v) is 16.2. The quantitative estimate of drug-likeness (QED) is 0.440. The molecule has 4 aromatic rings. The van der Waals surface area contributed by atoms with E-state index >= 15 is 0 Å². The number of carbonyl (C=O) groups excluding carboxylic acids is 2. The number of halogens is 1. The summed E-state index contributed by atoms with van der Waals surface area (Å²) < 4.78 is 10.8. The number of amides is 1. The third kappa shape index (κ3) is 3.62. The van der Waals surface area contributed by atoms with Gasteiger partial charge >= 0.3 is 11.7 Å². The van der Waals surface area contributed by atoms with Crippen LogP contribution in [0.4, 0.5) is 5.69 Å². The number of esters is 1.